The molecule has 0 aliphatic rings. The Morgan fingerprint density at radius 3 is 2.62 bits per heavy atom. The van der Waals surface area contributed by atoms with Crippen molar-refractivity contribution in [3.63, 3.8) is 0 Å². The summed E-state index contributed by atoms with van der Waals surface area (Å²) in [6.07, 6.45) is -4.64. The molecule has 0 fully saturated rings. The van der Waals surface area contributed by atoms with Crippen molar-refractivity contribution in [1.82, 2.24) is 9.97 Å². The summed E-state index contributed by atoms with van der Waals surface area (Å²) in [7, 11) is 0. The number of nitrogens with one attached hydrogen (secondary N) is 1. The van der Waals surface area contributed by atoms with Gasteiger partial charge in [0.1, 0.15) is 11.6 Å². The third kappa shape index (κ3) is 4.32. The molecule has 0 bridgehead atoms. The molecule has 1 aromatic carbocycles. The number of alkyl halides is 3. The molecule has 4 nitrogen and oxygen atoms in total. The Bertz CT molecular complexity index is 634. The highest BCUT2D eigenvalue weighted by molar-refractivity contribution is 9.10. The maximum Gasteiger partial charge on any atom is 0.451 e. The quantitative estimate of drug-likeness (QED) is 0.871. The first-order chi connectivity index (χ1) is 9.88. The number of halogens is 4. The van der Waals surface area contributed by atoms with E-state index in [0.29, 0.717) is 12.3 Å². The summed E-state index contributed by atoms with van der Waals surface area (Å²) in [6, 6.07) is 8.05. The van der Waals surface area contributed by atoms with E-state index in [4.69, 9.17) is 4.74 Å². The van der Waals surface area contributed by atoms with Gasteiger partial charge in [0.2, 0.25) is 11.7 Å². The molecule has 2 rings (SSSR count). The van der Waals surface area contributed by atoms with Crippen LogP contribution in [-0.4, -0.2) is 16.5 Å². The van der Waals surface area contributed by atoms with E-state index in [1.54, 1.807) is 31.2 Å². The molecule has 21 heavy (non-hydrogen) atoms. The van der Waals surface area contributed by atoms with Crippen molar-refractivity contribution < 1.29 is 17.9 Å². The van der Waals surface area contributed by atoms with Crippen molar-refractivity contribution in [1.29, 1.82) is 0 Å². The minimum atomic E-state index is -4.64. The van der Waals surface area contributed by atoms with Gasteiger partial charge in [0.15, 0.2) is 0 Å². The van der Waals surface area contributed by atoms with Crippen LogP contribution in [-0.2, 0) is 6.18 Å². The van der Waals surface area contributed by atoms with Gasteiger partial charge >= 0.3 is 6.18 Å². The summed E-state index contributed by atoms with van der Waals surface area (Å²) >= 11 is 3.26. The highest BCUT2D eigenvalue weighted by Crippen LogP contribution is 2.30. The summed E-state index contributed by atoms with van der Waals surface area (Å²) in [6.45, 7) is 2.19. The molecule has 0 saturated heterocycles. The minimum Gasteiger partial charge on any atom is -0.439 e. The number of hydrogen-bond acceptors (Lipinski definition) is 4. The first-order valence-electron chi connectivity index (χ1n) is 6.02. The Morgan fingerprint density at radius 1 is 1.24 bits per heavy atom. The highest BCUT2D eigenvalue weighted by Gasteiger charge is 2.35. The average molecular weight is 362 g/mol. The van der Waals surface area contributed by atoms with Gasteiger partial charge in [-0.15, -0.1) is 0 Å². The second-order valence-electron chi connectivity index (χ2n) is 4.00. The van der Waals surface area contributed by atoms with Crippen LogP contribution >= 0.6 is 15.9 Å². The van der Waals surface area contributed by atoms with Gasteiger partial charge in [-0.1, -0.05) is 22.0 Å². The third-order valence-corrected chi connectivity index (χ3v) is 2.83. The van der Waals surface area contributed by atoms with E-state index < -0.39 is 12.0 Å². The largest absolute Gasteiger partial charge is 0.451 e. The molecule has 8 heteroatoms. The van der Waals surface area contributed by atoms with Crippen LogP contribution in [0, 0.1) is 0 Å². The van der Waals surface area contributed by atoms with Crippen LogP contribution in [0.15, 0.2) is 34.8 Å². The Labute approximate surface area is 127 Å². The SMILES string of the molecule is CCNc1cc(Oc2cccc(Br)c2)nc(C(F)(F)F)n1. The van der Waals surface area contributed by atoms with Crippen LogP contribution < -0.4 is 10.1 Å². The number of anilines is 1. The number of hydrogen-bond donors (Lipinski definition) is 1. The first kappa shape index (κ1) is 15.6. The van der Waals surface area contributed by atoms with Crippen LogP contribution in [0.2, 0.25) is 0 Å². The number of benzene rings is 1. The standard InChI is InChI=1S/C13H11BrF3N3O/c1-2-18-10-7-11(20-12(19-10)13(15,16)17)21-9-5-3-4-8(14)6-9/h3-7H,2H2,1H3,(H,18,19,20). The van der Waals surface area contributed by atoms with Crippen molar-refractivity contribution in [2.75, 3.05) is 11.9 Å². The average Bonchev–Trinajstić information content (AvgIpc) is 2.37. The molecular formula is C13H11BrF3N3O. The molecule has 1 heterocycles. The minimum absolute atomic E-state index is 0.0600. The Kier molecular flexibility index (Phi) is 4.66. The van der Waals surface area contributed by atoms with Gasteiger partial charge in [0.25, 0.3) is 0 Å². The Morgan fingerprint density at radius 2 is 2.00 bits per heavy atom. The maximum absolute atomic E-state index is 12.8. The topological polar surface area (TPSA) is 47.0 Å². The van der Waals surface area contributed by atoms with E-state index in [2.05, 4.69) is 31.2 Å². The van der Waals surface area contributed by atoms with E-state index >= 15 is 0 Å². The van der Waals surface area contributed by atoms with E-state index in [0.717, 1.165) is 4.47 Å². The molecular weight excluding hydrogens is 351 g/mol. The van der Waals surface area contributed by atoms with Crippen molar-refractivity contribution in [2.45, 2.75) is 13.1 Å². The summed E-state index contributed by atoms with van der Waals surface area (Å²) in [5.41, 5.74) is 0. The Hall–Kier alpha value is -1.83. The summed E-state index contributed by atoms with van der Waals surface area (Å²) in [5.74, 6) is -0.985. The van der Waals surface area contributed by atoms with Gasteiger partial charge in [-0.05, 0) is 25.1 Å². The maximum atomic E-state index is 12.8. The van der Waals surface area contributed by atoms with Crippen LogP contribution in [0.4, 0.5) is 19.0 Å². The van der Waals surface area contributed by atoms with Crippen molar-refractivity contribution in [3.8, 4) is 11.6 Å². The Balaban J connectivity index is 2.35. The van der Waals surface area contributed by atoms with E-state index in [-0.39, 0.29) is 11.7 Å². The van der Waals surface area contributed by atoms with E-state index in [9.17, 15) is 13.2 Å². The second kappa shape index (κ2) is 6.30. The molecule has 1 N–H and O–H groups in total. The van der Waals surface area contributed by atoms with Crippen LogP contribution in [0.3, 0.4) is 0 Å². The lowest BCUT2D eigenvalue weighted by atomic mass is 10.3. The molecule has 0 atom stereocenters. The predicted octanol–water partition coefficient (Wildman–Crippen LogP) is 4.48. The van der Waals surface area contributed by atoms with Crippen LogP contribution in [0.5, 0.6) is 11.6 Å². The summed E-state index contributed by atoms with van der Waals surface area (Å²) in [5, 5.41) is 2.72. The summed E-state index contributed by atoms with van der Waals surface area (Å²) < 4.78 is 44.4. The molecule has 0 spiro atoms. The van der Waals surface area contributed by atoms with Crippen molar-refractivity contribution in [2.24, 2.45) is 0 Å². The lowest BCUT2D eigenvalue weighted by molar-refractivity contribution is -0.145. The molecule has 0 radical (unpaired) electrons. The fourth-order valence-electron chi connectivity index (χ4n) is 1.53. The van der Waals surface area contributed by atoms with Gasteiger partial charge in [0, 0.05) is 17.1 Å². The molecule has 0 saturated carbocycles. The number of ether oxygens (including phenoxy) is 1. The van der Waals surface area contributed by atoms with Crippen LogP contribution in [0.1, 0.15) is 12.7 Å². The normalized spacial score (nSPS) is 11.3. The molecule has 0 aliphatic carbocycles. The van der Waals surface area contributed by atoms with Crippen LogP contribution in [0.25, 0.3) is 0 Å². The molecule has 2 aromatic rings. The smallest absolute Gasteiger partial charge is 0.439 e. The lowest BCUT2D eigenvalue weighted by Crippen LogP contribution is -2.13. The molecule has 1 aromatic heterocycles. The predicted molar refractivity (Wildman–Crippen MR) is 75.4 cm³/mol. The monoisotopic (exact) mass is 361 g/mol. The van der Waals surface area contributed by atoms with Crippen molar-refractivity contribution in [3.05, 3.63) is 40.6 Å². The lowest BCUT2D eigenvalue weighted by Gasteiger charge is -2.11. The summed E-state index contributed by atoms with van der Waals surface area (Å²) in [4.78, 5) is 6.82. The molecule has 0 unspecified atom stereocenters. The zero-order chi connectivity index (χ0) is 15.5. The number of rotatable bonds is 4. The van der Waals surface area contributed by atoms with Gasteiger partial charge < -0.3 is 10.1 Å². The molecule has 0 aliphatic heterocycles. The van der Waals surface area contributed by atoms with E-state index in [1.807, 2.05) is 0 Å². The molecule has 112 valence electrons. The van der Waals surface area contributed by atoms with E-state index in [1.165, 1.54) is 6.07 Å². The zero-order valence-corrected chi connectivity index (χ0v) is 12.5. The highest BCUT2D eigenvalue weighted by atomic mass is 79.9. The fourth-order valence-corrected chi connectivity index (χ4v) is 1.91. The first-order valence-corrected chi connectivity index (χ1v) is 6.81. The third-order valence-electron chi connectivity index (χ3n) is 2.33. The second-order valence-corrected chi connectivity index (χ2v) is 4.92. The number of nitrogens with zero attached hydrogens (tertiary/aromatic N) is 2. The van der Waals surface area contributed by atoms with Gasteiger partial charge in [-0.3, -0.25) is 0 Å². The molecule has 0 amide bonds. The van der Waals surface area contributed by atoms with Gasteiger partial charge in [-0.2, -0.15) is 18.2 Å². The van der Waals surface area contributed by atoms with Crippen molar-refractivity contribution >= 4 is 21.7 Å². The number of aromatic nitrogens is 2. The van der Waals surface area contributed by atoms with Gasteiger partial charge in [-0.25, -0.2) is 4.98 Å². The fraction of sp³-hybridized carbons (Fsp3) is 0.231. The zero-order valence-electron chi connectivity index (χ0n) is 10.9. The van der Waals surface area contributed by atoms with Gasteiger partial charge in [0.05, 0.1) is 0 Å².